The van der Waals surface area contributed by atoms with E-state index in [2.05, 4.69) is 46.6 Å². The van der Waals surface area contributed by atoms with Crippen molar-refractivity contribution in [2.75, 3.05) is 26.2 Å². The Morgan fingerprint density at radius 2 is 2.19 bits per heavy atom. The monoisotopic (exact) mass is 375 g/mol. The van der Waals surface area contributed by atoms with Gasteiger partial charge in [0, 0.05) is 13.1 Å². The molecule has 0 aromatic carbocycles. The zero-order chi connectivity index (χ0) is 15.4. The fourth-order valence-corrected chi connectivity index (χ4v) is 3.06. The predicted molar refractivity (Wildman–Crippen MR) is 88.7 cm³/mol. The van der Waals surface area contributed by atoms with Gasteiger partial charge in [0.2, 0.25) is 0 Å². The van der Waals surface area contributed by atoms with Crippen molar-refractivity contribution in [3.8, 4) is 0 Å². The Bertz CT molecular complexity index is 482. The molecule has 0 aliphatic carbocycles. The molecule has 4 nitrogen and oxygen atoms in total. The topological polar surface area (TPSA) is 38.2 Å². The number of nitrogens with zero attached hydrogens (tertiary/aromatic N) is 3. The second-order valence-corrected chi connectivity index (χ2v) is 7.04. The molecule has 1 aromatic rings. The lowest BCUT2D eigenvalue weighted by Crippen LogP contribution is -2.39. The molecule has 21 heavy (non-hydrogen) atoms. The molecular formula is C15H23BrClN3O. The average molecular weight is 377 g/mol. The van der Waals surface area contributed by atoms with Crippen molar-refractivity contribution in [3.05, 3.63) is 21.1 Å². The molecule has 0 N–H and O–H groups in total. The van der Waals surface area contributed by atoms with Crippen molar-refractivity contribution in [1.82, 2.24) is 14.9 Å². The molecule has 0 bridgehead atoms. The molecule has 0 spiro atoms. The largest absolute Gasteiger partial charge is 0.368 e. The van der Waals surface area contributed by atoms with Crippen LogP contribution in [0.4, 0.5) is 0 Å². The minimum Gasteiger partial charge on any atom is -0.368 e. The third kappa shape index (κ3) is 4.62. The third-order valence-corrected chi connectivity index (χ3v) is 4.81. The zero-order valence-electron chi connectivity index (χ0n) is 12.9. The van der Waals surface area contributed by atoms with E-state index >= 15 is 0 Å². The maximum absolute atomic E-state index is 6.25. The van der Waals surface area contributed by atoms with Gasteiger partial charge >= 0.3 is 0 Å². The lowest BCUT2D eigenvalue weighted by molar-refractivity contribution is -0.0343. The Hall–Kier alpha value is -0.230. The molecule has 0 saturated carbocycles. The molecule has 1 aliphatic rings. The van der Waals surface area contributed by atoms with E-state index in [1.54, 1.807) is 0 Å². The van der Waals surface area contributed by atoms with E-state index in [0.717, 1.165) is 49.2 Å². The number of ether oxygens (including phenoxy) is 1. The number of rotatable bonds is 5. The predicted octanol–water partition coefficient (Wildman–Crippen LogP) is 3.87. The van der Waals surface area contributed by atoms with Crippen LogP contribution in [0, 0.1) is 5.92 Å². The number of aromatic nitrogens is 2. The van der Waals surface area contributed by atoms with Crippen LogP contribution in [-0.4, -0.2) is 41.1 Å². The molecular weight excluding hydrogens is 354 g/mol. The molecule has 118 valence electrons. The highest BCUT2D eigenvalue weighted by Gasteiger charge is 2.25. The van der Waals surface area contributed by atoms with Crippen LogP contribution in [0.3, 0.4) is 0 Å². The van der Waals surface area contributed by atoms with Crippen LogP contribution in [0.25, 0.3) is 0 Å². The van der Waals surface area contributed by atoms with Crippen molar-refractivity contribution < 1.29 is 4.74 Å². The van der Waals surface area contributed by atoms with Crippen molar-refractivity contribution in [2.24, 2.45) is 5.92 Å². The molecule has 0 radical (unpaired) electrons. The fraction of sp³-hybridized carbons (Fsp3) is 0.733. The molecule has 1 aromatic heterocycles. The Morgan fingerprint density at radius 3 is 2.86 bits per heavy atom. The fourth-order valence-electron chi connectivity index (χ4n) is 2.53. The normalized spacial score (nSPS) is 20.2. The smallest absolute Gasteiger partial charge is 0.160 e. The van der Waals surface area contributed by atoms with Gasteiger partial charge in [-0.25, -0.2) is 9.97 Å². The highest BCUT2D eigenvalue weighted by molar-refractivity contribution is 9.10. The lowest BCUT2D eigenvalue weighted by atomic mass is 10.1. The summed E-state index contributed by atoms with van der Waals surface area (Å²) in [7, 11) is 0. The van der Waals surface area contributed by atoms with Crippen LogP contribution in [0.1, 0.15) is 44.8 Å². The van der Waals surface area contributed by atoms with E-state index in [4.69, 9.17) is 21.3 Å². The van der Waals surface area contributed by atoms with Gasteiger partial charge in [-0.15, -0.1) is 0 Å². The Kier molecular flexibility index (Phi) is 6.41. The van der Waals surface area contributed by atoms with Crippen LogP contribution in [0.15, 0.2) is 4.47 Å². The number of morpholine rings is 1. The molecule has 1 aliphatic heterocycles. The van der Waals surface area contributed by atoms with Gasteiger partial charge in [-0.2, -0.15) is 0 Å². The first-order chi connectivity index (χ1) is 10.0. The summed E-state index contributed by atoms with van der Waals surface area (Å²) in [4.78, 5) is 11.5. The van der Waals surface area contributed by atoms with Gasteiger partial charge in [0.05, 0.1) is 16.8 Å². The van der Waals surface area contributed by atoms with E-state index in [-0.39, 0.29) is 6.10 Å². The summed E-state index contributed by atoms with van der Waals surface area (Å²) in [5, 5.41) is 0.479. The van der Waals surface area contributed by atoms with E-state index < -0.39 is 0 Å². The Morgan fingerprint density at radius 1 is 1.43 bits per heavy atom. The summed E-state index contributed by atoms with van der Waals surface area (Å²) in [5.41, 5.74) is 0.969. The Balaban J connectivity index is 2.20. The van der Waals surface area contributed by atoms with Gasteiger partial charge in [-0.1, -0.05) is 32.4 Å². The second kappa shape index (κ2) is 7.86. The Labute approximate surface area is 140 Å². The van der Waals surface area contributed by atoms with E-state index in [1.807, 2.05) is 0 Å². The molecule has 6 heteroatoms. The second-order valence-electron chi connectivity index (χ2n) is 5.89. The molecule has 2 heterocycles. The molecule has 1 unspecified atom stereocenters. The minimum absolute atomic E-state index is 0.0817. The molecule has 1 fully saturated rings. The highest BCUT2D eigenvalue weighted by Crippen LogP contribution is 2.28. The highest BCUT2D eigenvalue weighted by atomic mass is 79.9. The molecule has 2 rings (SSSR count). The maximum Gasteiger partial charge on any atom is 0.160 e. The molecule has 0 amide bonds. The van der Waals surface area contributed by atoms with Crippen LogP contribution in [0.2, 0.25) is 5.15 Å². The van der Waals surface area contributed by atoms with E-state index in [0.29, 0.717) is 16.9 Å². The first-order valence-corrected chi connectivity index (χ1v) is 8.74. The van der Waals surface area contributed by atoms with Gasteiger partial charge < -0.3 is 4.74 Å². The first-order valence-electron chi connectivity index (χ1n) is 7.57. The van der Waals surface area contributed by atoms with Gasteiger partial charge in [-0.05, 0) is 41.2 Å². The first kappa shape index (κ1) is 17.1. The van der Waals surface area contributed by atoms with Gasteiger partial charge in [-0.3, -0.25) is 4.90 Å². The maximum atomic E-state index is 6.25. The summed E-state index contributed by atoms with van der Waals surface area (Å²) in [6.07, 6.45) is 1.94. The van der Waals surface area contributed by atoms with Crippen LogP contribution in [-0.2, 0) is 11.2 Å². The summed E-state index contributed by atoms with van der Waals surface area (Å²) < 4.78 is 6.66. The lowest BCUT2D eigenvalue weighted by Gasteiger charge is -2.32. The zero-order valence-corrected chi connectivity index (χ0v) is 15.2. The summed E-state index contributed by atoms with van der Waals surface area (Å²) in [5.74, 6) is 1.23. The SMILES string of the molecule is CCCN1CCOC(c2nc(Cl)c(Br)c(CC(C)C)n2)C1. The van der Waals surface area contributed by atoms with Crippen LogP contribution in [0.5, 0.6) is 0 Å². The van der Waals surface area contributed by atoms with Crippen molar-refractivity contribution >= 4 is 27.5 Å². The van der Waals surface area contributed by atoms with Gasteiger partial charge in [0.25, 0.3) is 0 Å². The quantitative estimate of drug-likeness (QED) is 0.731. The number of halogens is 2. The molecule has 1 saturated heterocycles. The van der Waals surface area contributed by atoms with Crippen LogP contribution >= 0.6 is 27.5 Å². The standard InChI is InChI=1S/C15H23BrClN3O/c1-4-5-20-6-7-21-12(9-20)15-18-11(8-10(2)3)13(16)14(17)19-15/h10,12H,4-9H2,1-3H3. The number of hydrogen-bond acceptors (Lipinski definition) is 4. The summed E-state index contributed by atoms with van der Waals surface area (Å²) in [6.45, 7) is 10.2. The summed E-state index contributed by atoms with van der Waals surface area (Å²) >= 11 is 9.75. The van der Waals surface area contributed by atoms with Crippen molar-refractivity contribution in [2.45, 2.75) is 39.7 Å². The van der Waals surface area contributed by atoms with Crippen molar-refractivity contribution in [1.29, 1.82) is 0 Å². The summed E-state index contributed by atoms with van der Waals surface area (Å²) in [6, 6.07) is 0. The average Bonchev–Trinajstić information content (AvgIpc) is 2.44. The van der Waals surface area contributed by atoms with Crippen LogP contribution < -0.4 is 0 Å². The van der Waals surface area contributed by atoms with Gasteiger partial charge in [0.15, 0.2) is 5.82 Å². The van der Waals surface area contributed by atoms with E-state index in [1.165, 1.54) is 0 Å². The minimum atomic E-state index is -0.0817. The third-order valence-electron chi connectivity index (χ3n) is 3.48. The molecule has 1 atom stereocenters. The van der Waals surface area contributed by atoms with Crippen molar-refractivity contribution in [3.63, 3.8) is 0 Å². The van der Waals surface area contributed by atoms with Gasteiger partial charge in [0.1, 0.15) is 11.3 Å². The van der Waals surface area contributed by atoms with E-state index in [9.17, 15) is 0 Å². The number of hydrogen-bond donors (Lipinski definition) is 0.